The van der Waals surface area contributed by atoms with E-state index in [1.165, 1.54) is 26.4 Å². The fourth-order valence-corrected chi connectivity index (χ4v) is 2.19. The van der Waals surface area contributed by atoms with Gasteiger partial charge in [-0.15, -0.1) is 0 Å². The van der Waals surface area contributed by atoms with Crippen molar-refractivity contribution in [2.75, 3.05) is 14.2 Å². The molecular weight excluding hydrogens is 272 g/mol. The van der Waals surface area contributed by atoms with Crippen LogP contribution < -0.4 is 4.74 Å². The molecule has 0 heterocycles. The van der Waals surface area contributed by atoms with Crippen molar-refractivity contribution in [1.82, 2.24) is 0 Å². The van der Waals surface area contributed by atoms with E-state index in [0.717, 1.165) is 0 Å². The van der Waals surface area contributed by atoms with Crippen molar-refractivity contribution in [3.05, 3.63) is 47.5 Å². The lowest BCUT2D eigenvalue weighted by atomic mass is 9.96. The summed E-state index contributed by atoms with van der Waals surface area (Å²) in [7, 11) is 2.74. The maximum Gasteiger partial charge on any atom is 0.337 e. The van der Waals surface area contributed by atoms with Crippen LogP contribution in [0.1, 0.15) is 15.9 Å². The standard InChI is InChI=1S/C16H16O5/c1-20-14-8-10(16(19)21-2)7-11(9-17)15(14)12-5-3-4-6-13(12)18/h3-8,17-18H,9H2,1-2H3. The monoisotopic (exact) mass is 288 g/mol. The van der Waals surface area contributed by atoms with E-state index in [1.807, 2.05) is 0 Å². The van der Waals surface area contributed by atoms with Gasteiger partial charge in [0.1, 0.15) is 11.5 Å². The van der Waals surface area contributed by atoms with Gasteiger partial charge in [-0.25, -0.2) is 4.79 Å². The molecule has 0 spiro atoms. The Morgan fingerprint density at radius 2 is 1.90 bits per heavy atom. The average Bonchev–Trinajstić information content (AvgIpc) is 2.53. The van der Waals surface area contributed by atoms with Gasteiger partial charge in [0.25, 0.3) is 0 Å². The molecule has 2 N–H and O–H groups in total. The highest BCUT2D eigenvalue weighted by atomic mass is 16.5. The second kappa shape index (κ2) is 6.28. The number of carbonyl (C=O) groups is 1. The average molecular weight is 288 g/mol. The molecule has 2 aromatic carbocycles. The predicted octanol–water partition coefficient (Wildman–Crippen LogP) is 2.35. The number of ether oxygens (including phenoxy) is 2. The summed E-state index contributed by atoms with van der Waals surface area (Å²) in [6, 6.07) is 9.77. The first kappa shape index (κ1) is 14.9. The zero-order valence-corrected chi connectivity index (χ0v) is 11.8. The van der Waals surface area contributed by atoms with Crippen molar-refractivity contribution in [3.63, 3.8) is 0 Å². The van der Waals surface area contributed by atoms with Gasteiger partial charge < -0.3 is 19.7 Å². The van der Waals surface area contributed by atoms with Gasteiger partial charge in [0, 0.05) is 11.1 Å². The van der Waals surface area contributed by atoms with Gasteiger partial charge in [-0.2, -0.15) is 0 Å². The number of hydrogen-bond donors (Lipinski definition) is 2. The van der Waals surface area contributed by atoms with Crippen LogP contribution in [0.15, 0.2) is 36.4 Å². The number of hydrogen-bond acceptors (Lipinski definition) is 5. The normalized spacial score (nSPS) is 10.2. The van der Waals surface area contributed by atoms with Crippen LogP contribution in [0.4, 0.5) is 0 Å². The Kier molecular flexibility index (Phi) is 4.45. The first-order chi connectivity index (χ1) is 10.1. The zero-order chi connectivity index (χ0) is 15.4. The summed E-state index contributed by atoms with van der Waals surface area (Å²) in [6.07, 6.45) is 0. The molecule has 5 heteroatoms. The molecule has 0 saturated heterocycles. The molecule has 0 atom stereocenters. The SMILES string of the molecule is COC(=O)c1cc(CO)c(-c2ccccc2O)c(OC)c1. The summed E-state index contributed by atoms with van der Waals surface area (Å²) in [5.41, 5.74) is 1.81. The lowest BCUT2D eigenvalue weighted by molar-refractivity contribution is 0.0600. The molecule has 0 amide bonds. The Morgan fingerprint density at radius 3 is 2.48 bits per heavy atom. The van der Waals surface area contributed by atoms with E-state index in [0.29, 0.717) is 22.4 Å². The number of phenols is 1. The molecule has 21 heavy (non-hydrogen) atoms. The molecule has 0 aliphatic carbocycles. The number of phenolic OH excluding ortho intramolecular Hbond substituents is 1. The van der Waals surface area contributed by atoms with Gasteiger partial charge in [0.05, 0.1) is 26.4 Å². The topological polar surface area (TPSA) is 76.0 Å². The van der Waals surface area contributed by atoms with E-state index in [-0.39, 0.29) is 17.9 Å². The van der Waals surface area contributed by atoms with Crippen LogP contribution in [0.2, 0.25) is 0 Å². The van der Waals surface area contributed by atoms with Crippen LogP contribution in [-0.4, -0.2) is 30.4 Å². The lowest BCUT2D eigenvalue weighted by Gasteiger charge is -2.15. The largest absolute Gasteiger partial charge is 0.507 e. The van der Waals surface area contributed by atoms with Crippen LogP contribution in [0.3, 0.4) is 0 Å². The van der Waals surface area contributed by atoms with Crippen molar-refractivity contribution >= 4 is 5.97 Å². The fourth-order valence-electron chi connectivity index (χ4n) is 2.19. The van der Waals surface area contributed by atoms with Crippen LogP contribution in [-0.2, 0) is 11.3 Å². The minimum Gasteiger partial charge on any atom is -0.507 e. The number of para-hydroxylation sites is 1. The molecule has 2 aromatic rings. The molecular formula is C16H16O5. The minimum absolute atomic E-state index is 0.0660. The van der Waals surface area contributed by atoms with Crippen molar-refractivity contribution < 1.29 is 24.5 Å². The zero-order valence-electron chi connectivity index (χ0n) is 11.8. The summed E-state index contributed by atoms with van der Waals surface area (Å²) in [5, 5.41) is 19.6. The van der Waals surface area contributed by atoms with Crippen LogP contribution in [0.5, 0.6) is 11.5 Å². The molecule has 0 aliphatic rings. The van der Waals surface area contributed by atoms with Crippen molar-refractivity contribution in [3.8, 4) is 22.6 Å². The van der Waals surface area contributed by atoms with E-state index >= 15 is 0 Å². The highest BCUT2D eigenvalue weighted by molar-refractivity contribution is 5.92. The number of aliphatic hydroxyl groups is 1. The highest BCUT2D eigenvalue weighted by Crippen LogP contribution is 2.39. The quantitative estimate of drug-likeness (QED) is 0.845. The fraction of sp³-hybridized carbons (Fsp3) is 0.188. The second-order valence-electron chi connectivity index (χ2n) is 4.38. The summed E-state index contributed by atoms with van der Waals surface area (Å²) >= 11 is 0. The summed E-state index contributed by atoms with van der Waals surface area (Å²) in [5.74, 6) is -0.0772. The Bertz CT molecular complexity index is 638. The molecule has 0 saturated carbocycles. The molecule has 0 bridgehead atoms. The number of esters is 1. The third kappa shape index (κ3) is 2.83. The number of aromatic hydroxyl groups is 1. The molecule has 0 aliphatic heterocycles. The number of rotatable bonds is 4. The smallest absolute Gasteiger partial charge is 0.337 e. The van der Waals surface area contributed by atoms with E-state index in [4.69, 9.17) is 4.74 Å². The Labute approximate surface area is 122 Å². The number of benzene rings is 2. The van der Waals surface area contributed by atoms with Crippen LogP contribution >= 0.6 is 0 Å². The van der Waals surface area contributed by atoms with Crippen LogP contribution in [0.25, 0.3) is 11.1 Å². The molecule has 0 unspecified atom stereocenters. The second-order valence-corrected chi connectivity index (χ2v) is 4.38. The first-order valence-corrected chi connectivity index (χ1v) is 6.30. The van der Waals surface area contributed by atoms with Crippen molar-refractivity contribution in [1.29, 1.82) is 0 Å². The number of carbonyl (C=O) groups excluding carboxylic acids is 1. The molecule has 0 radical (unpaired) electrons. The third-order valence-corrected chi connectivity index (χ3v) is 3.17. The lowest BCUT2D eigenvalue weighted by Crippen LogP contribution is -2.05. The Balaban J connectivity index is 2.71. The van der Waals surface area contributed by atoms with E-state index in [2.05, 4.69) is 4.74 Å². The molecule has 110 valence electrons. The van der Waals surface area contributed by atoms with Crippen molar-refractivity contribution in [2.24, 2.45) is 0 Å². The van der Waals surface area contributed by atoms with Gasteiger partial charge in [0.2, 0.25) is 0 Å². The maximum atomic E-state index is 11.7. The van der Waals surface area contributed by atoms with Gasteiger partial charge in [-0.05, 0) is 23.8 Å². The Hall–Kier alpha value is -2.53. The summed E-state index contributed by atoms with van der Waals surface area (Å²) in [6.45, 7) is -0.301. The van der Waals surface area contributed by atoms with Gasteiger partial charge in [0.15, 0.2) is 0 Å². The van der Waals surface area contributed by atoms with Gasteiger partial charge >= 0.3 is 5.97 Å². The third-order valence-electron chi connectivity index (χ3n) is 3.17. The van der Waals surface area contributed by atoms with E-state index in [1.54, 1.807) is 24.3 Å². The molecule has 0 aromatic heterocycles. The highest BCUT2D eigenvalue weighted by Gasteiger charge is 2.18. The summed E-state index contributed by atoms with van der Waals surface area (Å²) in [4.78, 5) is 11.7. The number of aliphatic hydroxyl groups excluding tert-OH is 1. The minimum atomic E-state index is -0.521. The summed E-state index contributed by atoms with van der Waals surface area (Å²) < 4.78 is 9.98. The van der Waals surface area contributed by atoms with E-state index < -0.39 is 5.97 Å². The molecule has 5 nitrogen and oxygen atoms in total. The van der Waals surface area contributed by atoms with Gasteiger partial charge in [-0.3, -0.25) is 0 Å². The van der Waals surface area contributed by atoms with Gasteiger partial charge in [-0.1, -0.05) is 18.2 Å². The Morgan fingerprint density at radius 1 is 1.19 bits per heavy atom. The predicted molar refractivity (Wildman–Crippen MR) is 77.4 cm³/mol. The molecule has 2 rings (SSSR count). The maximum absolute atomic E-state index is 11.7. The van der Waals surface area contributed by atoms with Crippen molar-refractivity contribution in [2.45, 2.75) is 6.61 Å². The van der Waals surface area contributed by atoms with Crippen LogP contribution in [0, 0.1) is 0 Å². The first-order valence-electron chi connectivity index (χ1n) is 6.30. The number of methoxy groups -OCH3 is 2. The molecule has 0 fully saturated rings. The van der Waals surface area contributed by atoms with E-state index in [9.17, 15) is 15.0 Å².